The summed E-state index contributed by atoms with van der Waals surface area (Å²) in [7, 11) is 2.02. The summed E-state index contributed by atoms with van der Waals surface area (Å²) in [6.45, 7) is 1.87. The Labute approximate surface area is 148 Å². The average molecular weight is 367 g/mol. The third-order valence-electron chi connectivity index (χ3n) is 3.81. The van der Waals surface area contributed by atoms with Gasteiger partial charge >= 0.3 is 5.97 Å². The molecule has 2 aromatic rings. The Bertz CT molecular complexity index is 809. The molecule has 118 valence electrons. The maximum Gasteiger partial charge on any atom is 0.352 e. The third-order valence-corrected chi connectivity index (χ3v) is 5.42. The second kappa shape index (κ2) is 6.19. The zero-order chi connectivity index (χ0) is 16.7. The zero-order valence-corrected chi connectivity index (χ0v) is 14.8. The molecule has 8 heteroatoms. The van der Waals surface area contributed by atoms with Crippen molar-refractivity contribution < 1.29 is 9.90 Å². The lowest BCUT2D eigenvalue weighted by Gasteiger charge is -2.26. The van der Waals surface area contributed by atoms with Crippen molar-refractivity contribution in [1.29, 1.82) is 0 Å². The Balaban J connectivity index is 2.11. The fourth-order valence-electron chi connectivity index (χ4n) is 2.72. The standard InChI is InChI=1S/C15H13BCl2N2O2S/c1-7-13(15(21)22)19-20(10-3-2-8(17)6-9(10)18)14(7)11-4-5-12(16)23-11/h2-7,14H,16H2,1H3,(H,21,22)/t7-,14+/m0/s1. The minimum absolute atomic E-state index is 0.132. The molecule has 1 aliphatic rings. The second-order valence-corrected chi connectivity index (χ2v) is 7.58. The van der Waals surface area contributed by atoms with Gasteiger partial charge in [-0.3, -0.25) is 5.01 Å². The molecule has 0 bridgehead atoms. The predicted octanol–water partition coefficient (Wildman–Crippen LogP) is 2.95. The number of halogens is 2. The predicted molar refractivity (Wildman–Crippen MR) is 98.4 cm³/mol. The fraction of sp³-hybridized carbons (Fsp3) is 0.200. The topological polar surface area (TPSA) is 52.9 Å². The van der Waals surface area contributed by atoms with Crippen LogP contribution >= 0.6 is 34.5 Å². The van der Waals surface area contributed by atoms with E-state index < -0.39 is 5.97 Å². The number of nitrogens with zero attached hydrogens (tertiary/aromatic N) is 2. The molecular weight excluding hydrogens is 354 g/mol. The van der Waals surface area contributed by atoms with Crippen molar-refractivity contribution in [3.8, 4) is 0 Å². The number of aliphatic carboxylic acids is 1. The molecular formula is C15H13BCl2N2O2S. The first-order valence-corrected chi connectivity index (χ1v) is 8.58. The van der Waals surface area contributed by atoms with Crippen LogP contribution in [0.4, 0.5) is 5.69 Å². The summed E-state index contributed by atoms with van der Waals surface area (Å²) < 4.78 is 1.16. The summed E-state index contributed by atoms with van der Waals surface area (Å²) in [4.78, 5) is 12.6. The second-order valence-electron chi connectivity index (χ2n) is 5.41. The van der Waals surface area contributed by atoms with Gasteiger partial charge in [-0.05, 0) is 29.0 Å². The van der Waals surface area contributed by atoms with E-state index in [1.165, 1.54) is 0 Å². The van der Waals surface area contributed by atoms with Crippen molar-refractivity contribution in [2.24, 2.45) is 11.0 Å². The minimum Gasteiger partial charge on any atom is -0.477 e. The van der Waals surface area contributed by atoms with Gasteiger partial charge in [-0.25, -0.2) is 4.79 Å². The van der Waals surface area contributed by atoms with Crippen molar-refractivity contribution in [3.63, 3.8) is 0 Å². The number of thiophene rings is 1. The Hall–Kier alpha value is -1.50. The van der Waals surface area contributed by atoms with Crippen LogP contribution in [0.5, 0.6) is 0 Å². The van der Waals surface area contributed by atoms with Gasteiger partial charge in [0, 0.05) is 15.8 Å². The van der Waals surface area contributed by atoms with Crippen LogP contribution < -0.4 is 9.79 Å². The molecule has 0 saturated carbocycles. The molecule has 3 rings (SSSR count). The molecule has 23 heavy (non-hydrogen) atoms. The molecule has 0 radical (unpaired) electrons. The fourth-order valence-corrected chi connectivity index (χ4v) is 4.28. The van der Waals surface area contributed by atoms with Gasteiger partial charge in [-0.1, -0.05) is 36.2 Å². The number of hydrogen-bond donors (Lipinski definition) is 1. The quantitative estimate of drug-likeness (QED) is 0.849. The number of carbonyl (C=O) groups is 1. The highest BCUT2D eigenvalue weighted by molar-refractivity contribution is 7.20. The van der Waals surface area contributed by atoms with Crippen LogP contribution in [-0.2, 0) is 4.79 Å². The lowest BCUT2D eigenvalue weighted by atomic mass is 9.96. The summed E-state index contributed by atoms with van der Waals surface area (Å²) in [5, 5.41) is 16.4. The molecule has 1 aromatic heterocycles. The van der Waals surface area contributed by atoms with Gasteiger partial charge in [0.15, 0.2) is 13.6 Å². The summed E-state index contributed by atoms with van der Waals surface area (Å²) in [5.74, 6) is -1.26. The largest absolute Gasteiger partial charge is 0.477 e. The molecule has 1 aromatic carbocycles. The van der Waals surface area contributed by atoms with Gasteiger partial charge in [0.1, 0.15) is 0 Å². The summed E-state index contributed by atoms with van der Waals surface area (Å²) in [6, 6.07) is 8.95. The first-order chi connectivity index (χ1) is 10.9. The van der Waals surface area contributed by atoms with Gasteiger partial charge in [0.2, 0.25) is 0 Å². The zero-order valence-electron chi connectivity index (χ0n) is 12.5. The lowest BCUT2D eigenvalue weighted by Crippen LogP contribution is -2.25. The number of anilines is 1. The van der Waals surface area contributed by atoms with Gasteiger partial charge in [0.05, 0.1) is 16.8 Å². The molecule has 4 nitrogen and oxygen atoms in total. The van der Waals surface area contributed by atoms with E-state index in [0.717, 1.165) is 9.65 Å². The van der Waals surface area contributed by atoms with Gasteiger partial charge < -0.3 is 5.11 Å². The Morgan fingerprint density at radius 2 is 2.09 bits per heavy atom. The highest BCUT2D eigenvalue weighted by atomic mass is 35.5. The average Bonchev–Trinajstić information content (AvgIpc) is 3.02. The van der Waals surface area contributed by atoms with E-state index >= 15 is 0 Å². The van der Waals surface area contributed by atoms with Crippen LogP contribution in [0.2, 0.25) is 10.0 Å². The molecule has 0 spiro atoms. The van der Waals surface area contributed by atoms with E-state index in [4.69, 9.17) is 23.2 Å². The monoisotopic (exact) mass is 366 g/mol. The van der Waals surface area contributed by atoms with Crippen LogP contribution in [-0.4, -0.2) is 24.6 Å². The van der Waals surface area contributed by atoms with Crippen LogP contribution in [0, 0.1) is 5.92 Å². The van der Waals surface area contributed by atoms with Gasteiger partial charge in [-0.15, -0.1) is 0 Å². The maximum absolute atomic E-state index is 11.5. The highest BCUT2D eigenvalue weighted by Crippen LogP contribution is 2.43. The van der Waals surface area contributed by atoms with Crippen molar-refractivity contribution >= 4 is 64.5 Å². The van der Waals surface area contributed by atoms with Crippen LogP contribution in [0.25, 0.3) is 0 Å². The summed E-state index contributed by atoms with van der Waals surface area (Å²) in [6.07, 6.45) is 0. The number of hydrogen-bond acceptors (Lipinski definition) is 4. The van der Waals surface area contributed by atoms with E-state index in [9.17, 15) is 9.90 Å². The van der Waals surface area contributed by atoms with Gasteiger partial charge in [0.25, 0.3) is 0 Å². The molecule has 0 aliphatic carbocycles. The highest BCUT2D eigenvalue weighted by Gasteiger charge is 2.40. The van der Waals surface area contributed by atoms with E-state index in [2.05, 4.69) is 5.10 Å². The van der Waals surface area contributed by atoms with Crippen LogP contribution in [0.15, 0.2) is 35.4 Å². The van der Waals surface area contributed by atoms with E-state index in [1.807, 2.05) is 26.9 Å². The molecule has 0 amide bonds. The Kier molecular flexibility index (Phi) is 4.40. The molecule has 1 N–H and O–H groups in total. The van der Waals surface area contributed by atoms with Gasteiger partial charge in [-0.2, -0.15) is 16.4 Å². The van der Waals surface area contributed by atoms with Crippen molar-refractivity contribution in [2.75, 3.05) is 5.01 Å². The molecule has 0 fully saturated rings. The normalized spacial score (nSPS) is 20.7. The number of rotatable bonds is 3. The Morgan fingerprint density at radius 1 is 1.35 bits per heavy atom. The van der Waals surface area contributed by atoms with Crippen molar-refractivity contribution in [1.82, 2.24) is 0 Å². The third kappa shape index (κ3) is 2.98. The van der Waals surface area contributed by atoms with Crippen LogP contribution in [0.1, 0.15) is 17.8 Å². The molecule has 0 unspecified atom stereocenters. The summed E-state index contributed by atoms with van der Waals surface area (Å²) >= 11 is 13.9. The SMILES string of the molecule is Bc1ccc([C@H]2[C@@H](C)C(C(=O)O)=NN2c2ccc(Cl)cc2Cl)s1. The van der Waals surface area contributed by atoms with Crippen molar-refractivity contribution in [2.45, 2.75) is 13.0 Å². The van der Waals surface area contributed by atoms with Crippen molar-refractivity contribution in [3.05, 3.63) is 45.3 Å². The molecule has 0 saturated heterocycles. The maximum atomic E-state index is 11.5. The molecule has 2 atom stereocenters. The van der Waals surface area contributed by atoms with Crippen LogP contribution in [0.3, 0.4) is 0 Å². The molecule has 1 aliphatic heterocycles. The minimum atomic E-state index is -1.01. The molecule has 2 heterocycles. The van der Waals surface area contributed by atoms with E-state index in [0.29, 0.717) is 15.7 Å². The summed E-state index contributed by atoms with van der Waals surface area (Å²) in [5.41, 5.74) is 0.780. The number of carboxylic acids is 1. The van der Waals surface area contributed by atoms with E-state index in [-0.39, 0.29) is 17.7 Å². The van der Waals surface area contributed by atoms with E-state index in [1.54, 1.807) is 34.5 Å². The number of benzene rings is 1. The first-order valence-electron chi connectivity index (χ1n) is 7.01. The lowest BCUT2D eigenvalue weighted by molar-refractivity contribution is -0.129. The smallest absolute Gasteiger partial charge is 0.352 e. The number of carboxylic acid groups (broad SMARTS) is 1. The Morgan fingerprint density at radius 3 is 2.65 bits per heavy atom. The first kappa shape index (κ1) is 16.4. The number of hydrazone groups is 1.